The number of hydrogen-bond acceptors (Lipinski definition) is 4. The molecule has 6 atom stereocenters. The predicted octanol–water partition coefficient (Wildman–Crippen LogP) is 3.24. The van der Waals surface area contributed by atoms with E-state index in [4.69, 9.17) is 4.74 Å². The number of carbonyl (C=O) groups excluding carboxylic acids is 2. The van der Waals surface area contributed by atoms with Gasteiger partial charge in [-0.2, -0.15) is 10.1 Å². The molecule has 1 heterocycles. The SMILES string of the molecule is COc1ccc2ccccc2c1/C=N\N1C(=O)[C@@H]2[C@H]3C=C[C@@H]([C@@H]4C[C@@H]34)[C@H]2C1=O. The highest BCUT2D eigenvalue weighted by atomic mass is 16.5. The van der Waals surface area contributed by atoms with E-state index in [1.54, 1.807) is 13.3 Å². The summed E-state index contributed by atoms with van der Waals surface area (Å²) in [6.07, 6.45) is 7.11. The zero-order chi connectivity index (χ0) is 19.0. The van der Waals surface area contributed by atoms with E-state index in [0.717, 1.165) is 27.8 Å². The molecule has 0 N–H and O–H groups in total. The molecule has 7 rings (SSSR count). The van der Waals surface area contributed by atoms with E-state index in [1.165, 1.54) is 0 Å². The van der Waals surface area contributed by atoms with Crippen LogP contribution in [0.4, 0.5) is 0 Å². The van der Waals surface area contributed by atoms with Crippen molar-refractivity contribution >= 4 is 28.8 Å². The number of allylic oxidation sites excluding steroid dienone is 2. The van der Waals surface area contributed by atoms with Gasteiger partial charge in [-0.05, 0) is 46.9 Å². The largest absolute Gasteiger partial charge is 0.496 e. The third-order valence-corrected chi connectivity index (χ3v) is 7.09. The van der Waals surface area contributed by atoms with Crippen LogP contribution in [0.15, 0.2) is 53.7 Å². The standard InChI is InChI=1S/C23H20N2O3/c1-28-19-9-6-12-4-2-3-5-13(12)18(19)11-24-25-22(26)20-14-7-8-15(17-10-16(14)17)21(20)23(25)27/h2-9,11,14-17,20-21H,10H2,1H3/b24-11-/t14-,15-,16-,17-,20+,21+/m0/s1. The van der Waals surface area contributed by atoms with E-state index in [-0.39, 0.29) is 35.5 Å². The molecule has 2 bridgehead atoms. The zero-order valence-electron chi connectivity index (χ0n) is 15.5. The molecule has 5 nitrogen and oxygen atoms in total. The topological polar surface area (TPSA) is 59.0 Å². The van der Waals surface area contributed by atoms with Gasteiger partial charge in [0, 0.05) is 5.56 Å². The molecule has 2 aromatic rings. The van der Waals surface area contributed by atoms with Crippen molar-refractivity contribution in [1.29, 1.82) is 0 Å². The van der Waals surface area contributed by atoms with Crippen LogP contribution in [0.25, 0.3) is 10.8 Å². The van der Waals surface area contributed by atoms with Gasteiger partial charge in [-0.3, -0.25) is 9.59 Å². The number of ether oxygens (including phenoxy) is 1. The van der Waals surface area contributed by atoms with Gasteiger partial charge < -0.3 is 4.74 Å². The Morgan fingerprint density at radius 3 is 2.36 bits per heavy atom. The summed E-state index contributed by atoms with van der Waals surface area (Å²) >= 11 is 0. The summed E-state index contributed by atoms with van der Waals surface area (Å²) in [7, 11) is 1.61. The van der Waals surface area contributed by atoms with Crippen molar-refractivity contribution in [3.8, 4) is 5.75 Å². The number of rotatable bonds is 3. The van der Waals surface area contributed by atoms with Crippen LogP contribution in [-0.2, 0) is 9.59 Å². The summed E-state index contributed by atoms with van der Waals surface area (Å²) in [6.45, 7) is 0. The normalized spacial score (nSPS) is 35.0. The van der Waals surface area contributed by atoms with Crippen LogP contribution < -0.4 is 4.74 Å². The molecular weight excluding hydrogens is 352 g/mol. The molecule has 1 aliphatic heterocycles. The summed E-state index contributed by atoms with van der Waals surface area (Å²) in [5, 5.41) is 7.53. The van der Waals surface area contributed by atoms with Crippen molar-refractivity contribution in [1.82, 2.24) is 5.01 Å². The molecule has 1 saturated heterocycles. The Morgan fingerprint density at radius 1 is 1.00 bits per heavy atom. The van der Waals surface area contributed by atoms with E-state index in [1.807, 2.05) is 36.4 Å². The van der Waals surface area contributed by atoms with Crippen LogP contribution in [0.1, 0.15) is 12.0 Å². The number of hydrogen-bond donors (Lipinski definition) is 0. The van der Waals surface area contributed by atoms with Gasteiger partial charge in [0.15, 0.2) is 0 Å². The first kappa shape index (κ1) is 16.0. The maximum atomic E-state index is 13.1. The number of benzene rings is 2. The number of imide groups is 1. The predicted molar refractivity (Wildman–Crippen MR) is 105 cm³/mol. The van der Waals surface area contributed by atoms with Crippen molar-refractivity contribution in [3.63, 3.8) is 0 Å². The van der Waals surface area contributed by atoms with Crippen LogP contribution in [0.2, 0.25) is 0 Å². The number of carbonyl (C=O) groups is 2. The summed E-state index contributed by atoms with van der Waals surface area (Å²) in [6, 6.07) is 11.8. The second-order valence-corrected chi connectivity index (χ2v) is 8.29. The molecule has 3 fully saturated rings. The maximum absolute atomic E-state index is 13.1. The fourth-order valence-corrected chi connectivity index (χ4v) is 5.76. The molecule has 2 aromatic carbocycles. The Balaban J connectivity index is 1.38. The van der Waals surface area contributed by atoms with Gasteiger partial charge >= 0.3 is 0 Å². The van der Waals surface area contributed by atoms with E-state index < -0.39 is 0 Å². The second-order valence-electron chi connectivity index (χ2n) is 8.29. The number of amides is 2. The molecule has 0 radical (unpaired) electrons. The summed E-state index contributed by atoms with van der Waals surface area (Å²) in [5.41, 5.74) is 0.778. The van der Waals surface area contributed by atoms with Crippen LogP contribution in [0.3, 0.4) is 0 Å². The minimum Gasteiger partial charge on any atom is -0.496 e. The van der Waals surface area contributed by atoms with Gasteiger partial charge in [0.25, 0.3) is 11.8 Å². The highest BCUT2D eigenvalue weighted by molar-refractivity contribution is 6.08. The quantitative estimate of drug-likeness (QED) is 0.472. The Kier molecular flexibility index (Phi) is 3.17. The molecular formula is C23H20N2O3. The molecule has 2 saturated carbocycles. The van der Waals surface area contributed by atoms with Crippen LogP contribution in [-0.4, -0.2) is 30.1 Å². The molecule has 2 amide bonds. The van der Waals surface area contributed by atoms with E-state index >= 15 is 0 Å². The lowest BCUT2D eigenvalue weighted by molar-refractivity contribution is -0.140. The van der Waals surface area contributed by atoms with Crippen LogP contribution in [0.5, 0.6) is 5.75 Å². The van der Waals surface area contributed by atoms with Crippen molar-refractivity contribution in [2.24, 2.45) is 40.6 Å². The van der Waals surface area contributed by atoms with E-state index in [9.17, 15) is 9.59 Å². The number of nitrogens with zero attached hydrogens (tertiary/aromatic N) is 2. The molecule has 5 aliphatic rings. The molecule has 28 heavy (non-hydrogen) atoms. The summed E-state index contributed by atoms with van der Waals surface area (Å²) in [4.78, 5) is 26.1. The van der Waals surface area contributed by atoms with E-state index in [0.29, 0.717) is 17.6 Å². The average Bonchev–Trinajstić information content (AvgIpc) is 3.51. The lowest BCUT2D eigenvalue weighted by Gasteiger charge is -2.37. The minimum absolute atomic E-state index is 0.143. The highest BCUT2D eigenvalue weighted by Crippen LogP contribution is 2.65. The Morgan fingerprint density at radius 2 is 1.68 bits per heavy atom. The van der Waals surface area contributed by atoms with Crippen molar-refractivity contribution < 1.29 is 14.3 Å². The van der Waals surface area contributed by atoms with Crippen molar-refractivity contribution in [2.45, 2.75) is 6.42 Å². The number of methoxy groups -OCH3 is 1. The first-order valence-corrected chi connectivity index (χ1v) is 9.85. The van der Waals surface area contributed by atoms with Crippen molar-refractivity contribution in [2.75, 3.05) is 7.11 Å². The Labute approximate surface area is 162 Å². The molecule has 140 valence electrons. The fraction of sp³-hybridized carbons (Fsp3) is 0.348. The fourth-order valence-electron chi connectivity index (χ4n) is 5.76. The second kappa shape index (κ2) is 5.53. The average molecular weight is 372 g/mol. The first-order valence-electron chi connectivity index (χ1n) is 9.85. The lowest BCUT2D eigenvalue weighted by atomic mass is 9.63. The van der Waals surface area contributed by atoms with Gasteiger partial charge in [0.1, 0.15) is 5.75 Å². The van der Waals surface area contributed by atoms with E-state index in [2.05, 4.69) is 17.3 Å². The highest BCUT2D eigenvalue weighted by Gasteiger charge is 2.67. The Hall–Kier alpha value is -2.95. The number of hydrazone groups is 1. The summed E-state index contributed by atoms with van der Waals surface area (Å²) < 4.78 is 5.49. The molecule has 4 aliphatic carbocycles. The number of fused-ring (bicyclic) bond motifs is 1. The summed E-state index contributed by atoms with van der Waals surface area (Å²) in [5.74, 6) is 1.54. The zero-order valence-corrected chi connectivity index (χ0v) is 15.5. The Bertz CT molecular complexity index is 1050. The van der Waals surface area contributed by atoms with Gasteiger partial charge in [-0.15, -0.1) is 0 Å². The van der Waals surface area contributed by atoms with Crippen molar-refractivity contribution in [3.05, 3.63) is 54.1 Å². The maximum Gasteiger partial charge on any atom is 0.254 e. The van der Waals surface area contributed by atoms with Gasteiger partial charge in [0.05, 0.1) is 25.2 Å². The molecule has 0 aromatic heterocycles. The molecule has 0 spiro atoms. The first-order chi connectivity index (χ1) is 13.7. The third-order valence-electron chi connectivity index (χ3n) is 7.09. The van der Waals surface area contributed by atoms with Gasteiger partial charge in [-0.25, -0.2) is 0 Å². The third kappa shape index (κ3) is 1.99. The van der Waals surface area contributed by atoms with Gasteiger partial charge in [0.2, 0.25) is 0 Å². The molecule has 5 heteroatoms. The van der Waals surface area contributed by atoms with Crippen LogP contribution in [0, 0.1) is 35.5 Å². The lowest BCUT2D eigenvalue weighted by Crippen LogP contribution is -2.40. The minimum atomic E-state index is -0.224. The van der Waals surface area contributed by atoms with Crippen LogP contribution >= 0.6 is 0 Å². The monoisotopic (exact) mass is 372 g/mol. The molecule has 0 unspecified atom stereocenters. The smallest absolute Gasteiger partial charge is 0.254 e. The van der Waals surface area contributed by atoms with Gasteiger partial charge in [-0.1, -0.05) is 42.5 Å².